The largest absolute Gasteiger partial charge is 0.496 e. The second kappa shape index (κ2) is 6.31. The van der Waals surface area contributed by atoms with Crippen molar-refractivity contribution in [1.29, 1.82) is 0 Å². The highest BCUT2D eigenvalue weighted by Gasteiger charge is 2.31. The fourth-order valence-electron chi connectivity index (χ4n) is 2.46. The van der Waals surface area contributed by atoms with Crippen LogP contribution in [0.15, 0.2) is 23.1 Å². The Bertz CT molecular complexity index is 603. The third kappa shape index (κ3) is 3.21. The zero-order valence-electron chi connectivity index (χ0n) is 12.7. The van der Waals surface area contributed by atoms with Crippen LogP contribution in [0.5, 0.6) is 5.75 Å². The number of methoxy groups -OCH3 is 1. The van der Waals surface area contributed by atoms with Crippen LogP contribution >= 0.6 is 0 Å². The minimum absolute atomic E-state index is 0.209. The lowest BCUT2D eigenvalue weighted by molar-refractivity contribution is 0.159. The van der Waals surface area contributed by atoms with Crippen LogP contribution in [0, 0.1) is 0 Å². The summed E-state index contributed by atoms with van der Waals surface area (Å²) in [7, 11) is 0.0745. The Morgan fingerprint density at radius 1 is 1.38 bits per heavy atom. The molecule has 1 aromatic rings. The maximum atomic E-state index is 12.7. The lowest BCUT2D eigenvalue weighted by Crippen LogP contribution is -2.51. The highest BCUT2D eigenvalue weighted by atomic mass is 32.2. The monoisotopic (exact) mass is 313 g/mol. The third-order valence-electron chi connectivity index (χ3n) is 4.03. The number of nitrogens with zero attached hydrogens (tertiary/aromatic N) is 2. The molecule has 0 saturated carbocycles. The SMILES string of the molecule is COc1ccc(S(=O)(=O)N2CCN(C)C(C)C2)cc1CN. The van der Waals surface area contributed by atoms with E-state index in [0.29, 0.717) is 24.4 Å². The highest BCUT2D eigenvalue weighted by molar-refractivity contribution is 7.89. The quantitative estimate of drug-likeness (QED) is 0.875. The minimum atomic E-state index is -3.48. The molecule has 1 unspecified atom stereocenters. The first-order valence-electron chi connectivity index (χ1n) is 6.97. The maximum Gasteiger partial charge on any atom is 0.243 e. The van der Waals surface area contributed by atoms with E-state index < -0.39 is 10.0 Å². The zero-order chi connectivity index (χ0) is 15.6. The van der Waals surface area contributed by atoms with Gasteiger partial charge in [-0.1, -0.05) is 0 Å². The van der Waals surface area contributed by atoms with Crippen LogP contribution < -0.4 is 10.5 Å². The van der Waals surface area contributed by atoms with Crippen LogP contribution in [0.3, 0.4) is 0 Å². The summed E-state index contributed by atoms with van der Waals surface area (Å²) in [4.78, 5) is 2.44. The summed E-state index contributed by atoms with van der Waals surface area (Å²) in [6.07, 6.45) is 0. The van der Waals surface area contributed by atoms with Gasteiger partial charge in [-0.3, -0.25) is 0 Å². The molecule has 0 spiro atoms. The predicted octanol–water partition coefficient (Wildman–Crippen LogP) is 0.479. The molecule has 0 aromatic heterocycles. The first kappa shape index (κ1) is 16.2. The van der Waals surface area contributed by atoms with Gasteiger partial charge in [-0.25, -0.2) is 8.42 Å². The van der Waals surface area contributed by atoms with Gasteiger partial charge in [-0.2, -0.15) is 4.31 Å². The van der Waals surface area contributed by atoms with Gasteiger partial charge in [0.1, 0.15) is 5.75 Å². The fourth-order valence-corrected chi connectivity index (χ4v) is 4.02. The van der Waals surface area contributed by atoms with Crippen LogP contribution in [-0.4, -0.2) is 57.5 Å². The van der Waals surface area contributed by atoms with E-state index in [2.05, 4.69) is 4.90 Å². The molecule has 21 heavy (non-hydrogen) atoms. The number of nitrogens with two attached hydrogens (primary N) is 1. The molecule has 2 rings (SSSR count). The van der Waals surface area contributed by atoms with E-state index in [1.54, 1.807) is 29.6 Å². The van der Waals surface area contributed by atoms with Crippen molar-refractivity contribution >= 4 is 10.0 Å². The molecule has 1 saturated heterocycles. The molecular weight excluding hydrogens is 290 g/mol. The molecule has 6 nitrogen and oxygen atoms in total. The number of ether oxygens (including phenoxy) is 1. The molecule has 118 valence electrons. The van der Waals surface area contributed by atoms with Gasteiger partial charge in [-0.05, 0) is 32.2 Å². The Morgan fingerprint density at radius 3 is 2.67 bits per heavy atom. The van der Waals surface area contributed by atoms with E-state index >= 15 is 0 Å². The van der Waals surface area contributed by atoms with E-state index in [9.17, 15) is 8.42 Å². The fraction of sp³-hybridized carbons (Fsp3) is 0.571. The van der Waals surface area contributed by atoms with Crippen molar-refractivity contribution in [3.05, 3.63) is 23.8 Å². The van der Waals surface area contributed by atoms with E-state index in [0.717, 1.165) is 6.54 Å². The minimum Gasteiger partial charge on any atom is -0.496 e. The first-order chi connectivity index (χ1) is 9.90. The molecule has 1 atom stereocenters. The van der Waals surface area contributed by atoms with Crippen molar-refractivity contribution in [2.75, 3.05) is 33.8 Å². The Balaban J connectivity index is 2.31. The summed E-state index contributed by atoms with van der Waals surface area (Å²) in [5, 5.41) is 0. The number of hydrogen-bond acceptors (Lipinski definition) is 5. The first-order valence-corrected chi connectivity index (χ1v) is 8.41. The van der Waals surface area contributed by atoms with Crippen molar-refractivity contribution in [3.8, 4) is 5.75 Å². The average Bonchev–Trinajstić information content (AvgIpc) is 2.49. The molecule has 0 aliphatic carbocycles. The number of rotatable bonds is 4. The molecule has 0 bridgehead atoms. The van der Waals surface area contributed by atoms with Gasteiger partial charge in [-0.15, -0.1) is 0 Å². The number of sulfonamides is 1. The lowest BCUT2D eigenvalue weighted by atomic mass is 10.2. The summed E-state index contributed by atoms with van der Waals surface area (Å²) < 4.78 is 32.2. The molecule has 7 heteroatoms. The Hall–Kier alpha value is -1.15. The van der Waals surface area contributed by atoms with Gasteiger partial charge in [0.25, 0.3) is 0 Å². The number of hydrogen-bond donors (Lipinski definition) is 1. The summed E-state index contributed by atoms with van der Waals surface area (Å²) in [5.74, 6) is 0.614. The Labute approximate surface area is 126 Å². The van der Waals surface area contributed by atoms with Gasteiger partial charge < -0.3 is 15.4 Å². The summed E-state index contributed by atoms with van der Waals surface area (Å²) in [6.45, 7) is 4.02. The van der Waals surface area contributed by atoms with E-state index in [4.69, 9.17) is 10.5 Å². The van der Waals surface area contributed by atoms with Crippen LogP contribution in [0.25, 0.3) is 0 Å². The molecule has 1 aliphatic heterocycles. The van der Waals surface area contributed by atoms with Crippen molar-refractivity contribution in [2.24, 2.45) is 5.73 Å². The van der Waals surface area contributed by atoms with Gasteiger partial charge in [0.15, 0.2) is 0 Å². The number of benzene rings is 1. The van der Waals surface area contributed by atoms with Gasteiger partial charge in [0.2, 0.25) is 10.0 Å². The van der Waals surface area contributed by atoms with E-state index in [1.165, 1.54) is 0 Å². The Morgan fingerprint density at radius 2 is 2.10 bits per heavy atom. The number of piperazine rings is 1. The van der Waals surface area contributed by atoms with Crippen molar-refractivity contribution < 1.29 is 13.2 Å². The van der Waals surface area contributed by atoms with Crippen LogP contribution in [0.2, 0.25) is 0 Å². The topological polar surface area (TPSA) is 75.9 Å². The lowest BCUT2D eigenvalue weighted by Gasteiger charge is -2.36. The normalized spacial score (nSPS) is 21.4. The second-order valence-electron chi connectivity index (χ2n) is 5.37. The van der Waals surface area contributed by atoms with Gasteiger partial charge in [0.05, 0.1) is 12.0 Å². The van der Waals surface area contributed by atoms with Gasteiger partial charge >= 0.3 is 0 Å². The van der Waals surface area contributed by atoms with Crippen molar-refractivity contribution in [1.82, 2.24) is 9.21 Å². The van der Waals surface area contributed by atoms with Crippen molar-refractivity contribution in [2.45, 2.75) is 24.4 Å². The zero-order valence-corrected chi connectivity index (χ0v) is 13.6. The molecule has 1 aliphatic rings. The molecular formula is C14H23N3O3S. The summed E-state index contributed by atoms with van der Waals surface area (Å²) in [6, 6.07) is 5.06. The Kier molecular flexibility index (Phi) is 4.88. The molecule has 1 aromatic carbocycles. The summed E-state index contributed by atoms with van der Waals surface area (Å²) in [5.41, 5.74) is 6.36. The average molecular weight is 313 g/mol. The number of likely N-dealkylation sites (N-methyl/N-ethyl adjacent to an activating group) is 1. The van der Waals surface area contributed by atoms with E-state index in [1.807, 2.05) is 14.0 Å². The predicted molar refractivity (Wildman–Crippen MR) is 81.7 cm³/mol. The van der Waals surface area contributed by atoms with Crippen molar-refractivity contribution in [3.63, 3.8) is 0 Å². The molecule has 0 amide bonds. The molecule has 1 heterocycles. The highest BCUT2D eigenvalue weighted by Crippen LogP contribution is 2.25. The van der Waals surface area contributed by atoms with Crippen LogP contribution in [0.1, 0.15) is 12.5 Å². The smallest absolute Gasteiger partial charge is 0.243 e. The molecule has 2 N–H and O–H groups in total. The standard InChI is InChI=1S/C14H23N3O3S/c1-11-10-17(7-6-16(11)2)21(18,19)13-4-5-14(20-3)12(8-13)9-15/h4-5,8,11H,6-7,9-10,15H2,1-3H3. The van der Waals surface area contributed by atoms with Crippen LogP contribution in [0.4, 0.5) is 0 Å². The second-order valence-corrected chi connectivity index (χ2v) is 7.31. The maximum absolute atomic E-state index is 12.7. The van der Waals surface area contributed by atoms with Gasteiger partial charge in [0, 0.05) is 37.8 Å². The van der Waals surface area contributed by atoms with Crippen LogP contribution in [-0.2, 0) is 16.6 Å². The summed E-state index contributed by atoms with van der Waals surface area (Å²) >= 11 is 0. The van der Waals surface area contributed by atoms with E-state index in [-0.39, 0.29) is 17.5 Å². The molecule has 0 radical (unpaired) electrons. The molecule has 1 fully saturated rings. The third-order valence-corrected chi connectivity index (χ3v) is 5.89.